The highest BCUT2D eigenvalue weighted by molar-refractivity contribution is 8.02. The van der Waals surface area contributed by atoms with Gasteiger partial charge in [-0.1, -0.05) is 48.2 Å². The molecular weight excluding hydrogens is 390 g/mol. The van der Waals surface area contributed by atoms with Crippen molar-refractivity contribution in [2.75, 3.05) is 11.1 Å². The number of nitrogens with one attached hydrogen (secondary N) is 1. The van der Waals surface area contributed by atoms with Crippen LogP contribution >= 0.6 is 23.1 Å². The molecule has 3 N–H and O–H groups in total. The number of nitrogens with two attached hydrogens (primary N) is 1. The molecule has 0 aliphatic carbocycles. The average Bonchev–Trinajstić information content (AvgIpc) is 3.26. The van der Waals surface area contributed by atoms with Crippen molar-refractivity contribution in [3.05, 3.63) is 42.5 Å². The van der Waals surface area contributed by atoms with E-state index in [1.807, 2.05) is 19.1 Å². The van der Waals surface area contributed by atoms with Crippen molar-refractivity contribution in [2.45, 2.75) is 36.4 Å². The quantitative estimate of drug-likeness (QED) is 0.447. The van der Waals surface area contributed by atoms with Gasteiger partial charge in [0.1, 0.15) is 0 Å². The molecule has 0 aliphatic rings. The van der Waals surface area contributed by atoms with E-state index < -0.39 is 0 Å². The van der Waals surface area contributed by atoms with Gasteiger partial charge in [0.05, 0.1) is 5.25 Å². The number of para-hydroxylation sites is 1. The fourth-order valence-electron chi connectivity index (χ4n) is 3.41. The molecule has 144 valence electrons. The number of fused-ring (bicyclic) bond motifs is 3. The predicted molar refractivity (Wildman–Crippen MR) is 118 cm³/mol. The van der Waals surface area contributed by atoms with E-state index in [1.165, 1.54) is 39.5 Å². The van der Waals surface area contributed by atoms with Crippen LogP contribution in [0, 0.1) is 0 Å². The van der Waals surface area contributed by atoms with Gasteiger partial charge in [-0.25, -0.2) is 0 Å². The summed E-state index contributed by atoms with van der Waals surface area (Å²) in [6.45, 7) is 5.03. The molecule has 8 heteroatoms. The third-order valence-corrected chi connectivity index (χ3v) is 6.89. The normalized spacial score (nSPS) is 12.5. The predicted octanol–water partition coefficient (Wildman–Crippen LogP) is 4.76. The third kappa shape index (κ3) is 3.45. The van der Waals surface area contributed by atoms with Gasteiger partial charge in [0.15, 0.2) is 4.34 Å². The number of carbonyl (C=O) groups excluding carboxylic acids is 1. The molecule has 4 rings (SSSR count). The van der Waals surface area contributed by atoms with Crippen LogP contribution in [0.4, 0.5) is 10.8 Å². The van der Waals surface area contributed by atoms with Crippen molar-refractivity contribution in [3.63, 3.8) is 0 Å². The summed E-state index contributed by atoms with van der Waals surface area (Å²) in [4.78, 5) is 12.8. The molecule has 0 aliphatic heterocycles. The van der Waals surface area contributed by atoms with Crippen molar-refractivity contribution in [1.29, 1.82) is 0 Å². The Morgan fingerprint density at radius 3 is 2.68 bits per heavy atom. The Labute approximate surface area is 171 Å². The van der Waals surface area contributed by atoms with Crippen LogP contribution in [-0.4, -0.2) is 25.9 Å². The van der Waals surface area contributed by atoms with E-state index in [9.17, 15) is 4.79 Å². The smallest absolute Gasteiger partial charge is 0.237 e. The molecule has 2 aromatic carbocycles. The van der Waals surface area contributed by atoms with Gasteiger partial charge in [-0.05, 0) is 37.6 Å². The van der Waals surface area contributed by atoms with Gasteiger partial charge in [-0.2, -0.15) is 0 Å². The molecule has 28 heavy (non-hydrogen) atoms. The summed E-state index contributed by atoms with van der Waals surface area (Å²) in [7, 11) is 0. The van der Waals surface area contributed by atoms with Crippen molar-refractivity contribution in [1.82, 2.24) is 14.8 Å². The molecule has 4 aromatic rings. The van der Waals surface area contributed by atoms with Gasteiger partial charge in [0, 0.05) is 34.0 Å². The van der Waals surface area contributed by atoms with Crippen LogP contribution in [-0.2, 0) is 11.3 Å². The van der Waals surface area contributed by atoms with Crippen LogP contribution in [0.25, 0.3) is 21.8 Å². The molecule has 0 fully saturated rings. The number of amides is 1. The minimum Gasteiger partial charge on any atom is -0.374 e. The van der Waals surface area contributed by atoms with Crippen molar-refractivity contribution < 1.29 is 4.79 Å². The van der Waals surface area contributed by atoms with Crippen molar-refractivity contribution >= 4 is 61.6 Å². The SMILES string of the molecule is CCC(Sc1nnc(N)s1)C(=O)Nc1ccc2c(c1)c1ccccc1n2CC. The molecule has 2 heterocycles. The van der Waals surface area contributed by atoms with Crippen LogP contribution in [0.2, 0.25) is 0 Å². The van der Waals surface area contributed by atoms with E-state index >= 15 is 0 Å². The first kappa shape index (κ1) is 18.8. The maximum Gasteiger partial charge on any atom is 0.237 e. The average molecular weight is 412 g/mol. The summed E-state index contributed by atoms with van der Waals surface area (Å²) >= 11 is 2.70. The zero-order valence-corrected chi connectivity index (χ0v) is 17.3. The number of nitrogens with zero attached hydrogens (tertiary/aromatic N) is 3. The summed E-state index contributed by atoms with van der Waals surface area (Å²) < 4.78 is 3.00. The Kier molecular flexibility index (Phi) is 5.23. The number of hydrogen-bond donors (Lipinski definition) is 2. The second-order valence-electron chi connectivity index (χ2n) is 6.40. The van der Waals surface area contributed by atoms with Gasteiger partial charge >= 0.3 is 0 Å². The number of nitrogen functional groups attached to an aromatic ring is 1. The van der Waals surface area contributed by atoms with Gasteiger partial charge in [0.25, 0.3) is 0 Å². The second kappa shape index (κ2) is 7.81. The standard InChI is InChI=1S/C20H21N5OS2/c1-3-17(27-20-24-23-19(21)28-20)18(26)22-12-9-10-16-14(11-12)13-7-5-6-8-15(13)25(16)4-2/h5-11,17H,3-4H2,1-2H3,(H2,21,23)(H,22,26). The monoisotopic (exact) mass is 411 g/mol. The largest absolute Gasteiger partial charge is 0.374 e. The highest BCUT2D eigenvalue weighted by atomic mass is 32.2. The summed E-state index contributed by atoms with van der Waals surface area (Å²) in [5.41, 5.74) is 8.82. The number of anilines is 2. The molecule has 1 amide bonds. The molecule has 0 spiro atoms. The number of hydrogen-bond acceptors (Lipinski definition) is 6. The topological polar surface area (TPSA) is 85.8 Å². The molecule has 0 saturated carbocycles. The Hall–Kier alpha value is -2.58. The highest BCUT2D eigenvalue weighted by Gasteiger charge is 2.20. The lowest BCUT2D eigenvalue weighted by Gasteiger charge is -2.13. The van der Waals surface area contributed by atoms with Crippen LogP contribution in [0.5, 0.6) is 0 Å². The number of aromatic nitrogens is 3. The molecule has 1 unspecified atom stereocenters. The fourth-order valence-corrected chi connectivity index (χ4v) is 5.21. The molecule has 6 nitrogen and oxygen atoms in total. The fraction of sp³-hybridized carbons (Fsp3) is 0.250. The molecule has 0 bridgehead atoms. The van der Waals surface area contributed by atoms with E-state index in [4.69, 9.17) is 5.73 Å². The van der Waals surface area contributed by atoms with E-state index in [0.29, 0.717) is 15.9 Å². The minimum atomic E-state index is -0.250. The second-order valence-corrected chi connectivity index (χ2v) is 8.86. The molecule has 0 saturated heterocycles. The maximum absolute atomic E-state index is 12.8. The molecule has 0 radical (unpaired) electrons. The van der Waals surface area contributed by atoms with Gasteiger partial charge in [-0.15, -0.1) is 10.2 Å². The van der Waals surface area contributed by atoms with E-state index in [-0.39, 0.29) is 11.2 Å². The Bertz CT molecular complexity index is 1150. The van der Waals surface area contributed by atoms with Gasteiger partial charge < -0.3 is 15.6 Å². The Balaban J connectivity index is 1.62. The summed E-state index contributed by atoms with van der Waals surface area (Å²) in [5, 5.41) is 13.4. The van der Waals surface area contributed by atoms with E-state index in [0.717, 1.165) is 17.6 Å². The molecular formula is C20H21N5OS2. The lowest BCUT2D eigenvalue weighted by Crippen LogP contribution is -2.24. The summed E-state index contributed by atoms with van der Waals surface area (Å²) in [6.07, 6.45) is 0.688. The molecule has 1 atom stereocenters. The number of rotatable bonds is 6. The molecule has 2 aromatic heterocycles. The minimum absolute atomic E-state index is 0.0418. The number of aryl methyl sites for hydroxylation is 1. The lowest BCUT2D eigenvalue weighted by molar-refractivity contribution is -0.115. The van der Waals surface area contributed by atoms with Crippen molar-refractivity contribution in [3.8, 4) is 0 Å². The number of thioether (sulfide) groups is 1. The van der Waals surface area contributed by atoms with Crippen LogP contribution in [0.1, 0.15) is 20.3 Å². The number of carbonyl (C=O) groups is 1. The first-order valence-corrected chi connectivity index (χ1v) is 10.9. The summed E-state index contributed by atoms with van der Waals surface area (Å²) in [6, 6.07) is 14.5. The lowest BCUT2D eigenvalue weighted by atomic mass is 10.1. The van der Waals surface area contributed by atoms with Gasteiger partial charge in [0.2, 0.25) is 11.0 Å². The van der Waals surface area contributed by atoms with Gasteiger partial charge in [-0.3, -0.25) is 4.79 Å². The first-order valence-electron chi connectivity index (χ1n) is 9.18. The maximum atomic E-state index is 12.8. The zero-order chi connectivity index (χ0) is 19.7. The van der Waals surface area contributed by atoms with Crippen LogP contribution in [0.15, 0.2) is 46.8 Å². The van der Waals surface area contributed by atoms with Crippen molar-refractivity contribution in [2.24, 2.45) is 0 Å². The third-order valence-electron chi connectivity index (χ3n) is 4.68. The number of benzene rings is 2. The zero-order valence-electron chi connectivity index (χ0n) is 15.7. The van der Waals surface area contributed by atoms with E-state index in [2.05, 4.69) is 57.3 Å². The van der Waals surface area contributed by atoms with Crippen LogP contribution in [0.3, 0.4) is 0 Å². The highest BCUT2D eigenvalue weighted by Crippen LogP contribution is 2.32. The first-order chi connectivity index (χ1) is 13.6. The Morgan fingerprint density at radius 2 is 1.96 bits per heavy atom. The van der Waals surface area contributed by atoms with E-state index in [1.54, 1.807) is 0 Å². The summed E-state index contributed by atoms with van der Waals surface area (Å²) in [5.74, 6) is -0.0418. The van der Waals surface area contributed by atoms with Crippen LogP contribution < -0.4 is 11.1 Å². The Morgan fingerprint density at radius 1 is 1.18 bits per heavy atom.